The first kappa shape index (κ1) is 21.5. The van der Waals surface area contributed by atoms with Crippen molar-refractivity contribution in [3.05, 3.63) is 59.1 Å². The molecule has 1 fully saturated rings. The Bertz CT molecular complexity index is 797. The van der Waals surface area contributed by atoms with Crippen LogP contribution in [0.1, 0.15) is 18.4 Å². The van der Waals surface area contributed by atoms with Gasteiger partial charge in [-0.05, 0) is 61.6 Å². The van der Waals surface area contributed by atoms with Gasteiger partial charge in [0.1, 0.15) is 5.75 Å². The molecule has 3 rings (SSSR count). The van der Waals surface area contributed by atoms with Crippen LogP contribution in [0.25, 0.3) is 0 Å². The predicted molar refractivity (Wildman–Crippen MR) is 119 cm³/mol. The number of ether oxygens (including phenoxy) is 1. The number of amides is 2. The number of nitrogens with one attached hydrogen (secondary N) is 1. The highest BCUT2D eigenvalue weighted by Crippen LogP contribution is 2.22. The molecule has 156 valence electrons. The minimum absolute atomic E-state index is 0.117. The van der Waals surface area contributed by atoms with Crippen molar-refractivity contribution in [1.29, 1.82) is 0 Å². The fraction of sp³-hybridized carbons (Fsp3) is 0.435. The normalized spacial score (nSPS) is 17.0. The van der Waals surface area contributed by atoms with Crippen LogP contribution in [0.5, 0.6) is 5.75 Å². The average Bonchev–Trinajstić information content (AvgIpc) is 2.74. The number of piperidine rings is 1. The number of likely N-dealkylation sites (tertiary alicyclic amines) is 1. The second-order valence-corrected chi connectivity index (χ2v) is 8.10. The molecule has 29 heavy (non-hydrogen) atoms. The van der Waals surface area contributed by atoms with Crippen LogP contribution in [0.4, 0.5) is 10.5 Å². The monoisotopic (exact) mass is 415 g/mol. The average molecular weight is 416 g/mol. The van der Waals surface area contributed by atoms with Crippen molar-refractivity contribution in [2.75, 3.05) is 45.7 Å². The maximum atomic E-state index is 12.5. The molecule has 0 aromatic heterocycles. The largest absolute Gasteiger partial charge is 0.497 e. The number of hydrogen-bond donors (Lipinski definition) is 1. The number of carbonyl (C=O) groups excluding carboxylic acids is 1. The minimum Gasteiger partial charge on any atom is -0.497 e. The molecular formula is C23H30ClN3O2. The van der Waals surface area contributed by atoms with E-state index in [4.69, 9.17) is 16.3 Å². The molecule has 1 aliphatic rings. The molecule has 1 saturated heterocycles. The number of hydrogen-bond acceptors (Lipinski definition) is 3. The third kappa shape index (κ3) is 6.38. The third-order valence-corrected chi connectivity index (χ3v) is 5.80. The molecule has 0 saturated carbocycles. The maximum absolute atomic E-state index is 12.5. The Morgan fingerprint density at radius 2 is 2.00 bits per heavy atom. The number of rotatable bonds is 7. The molecule has 0 bridgehead atoms. The molecule has 0 radical (unpaired) electrons. The summed E-state index contributed by atoms with van der Waals surface area (Å²) in [5.74, 6) is 1.38. The molecule has 0 aliphatic carbocycles. The van der Waals surface area contributed by atoms with Crippen LogP contribution in [0.2, 0.25) is 5.02 Å². The van der Waals surface area contributed by atoms with Crippen LogP contribution in [-0.4, -0.2) is 56.2 Å². The van der Waals surface area contributed by atoms with E-state index in [0.717, 1.165) is 44.8 Å². The molecule has 1 N–H and O–H groups in total. The van der Waals surface area contributed by atoms with Gasteiger partial charge in [-0.25, -0.2) is 4.79 Å². The summed E-state index contributed by atoms with van der Waals surface area (Å²) in [5.41, 5.74) is 1.97. The van der Waals surface area contributed by atoms with Gasteiger partial charge >= 0.3 is 6.03 Å². The Hall–Kier alpha value is -2.24. The van der Waals surface area contributed by atoms with Crippen molar-refractivity contribution in [1.82, 2.24) is 9.80 Å². The molecule has 0 spiro atoms. The number of urea groups is 1. The highest BCUT2D eigenvalue weighted by Gasteiger charge is 2.22. The van der Waals surface area contributed by atoms with Gasteiger partial charge in [0, 0.05) is 26.7 Å². The molecule has 2 aromatic carbocycles. The third-order valence-electron chi connectivity index (χ3n) is 5.47. The fourth-order valence-electron chi connectivity index (χ4n) is 3.83. The highest BCUT2D eigenvalue weighted by atomic mass is 35.5. The van der Waals surface area contributed by atoms with Gasteiger partial charge in [0.2, 0.25) is 0 Å². The first-order valence-corrected chi connectivity index (χ1v) is 10.5. The van der Waals surface area contributed by atoms with E-state index in [1.54, 1.807) is 18.1 Å². The number of nitrogens with zero attached hydrogens (tertiary/aromatic N) is 2. The minimum atomic E-state index is -0.117. The van der Waals surface area contributed by atoms with Crippen molar-refractivity contribution >= 4 is 23.3 Å². The summed E-state index contributed by atoms with van der Waals surface area (Å²) in [7, 11) is 3.54. The van der Waals surface area contributed by atoms with E-state index in [0.29, 0.717) is 16.6 Å². The molecular weight excluding hydrogens is 386 g/mol. The summed E-state index contributed by atoms with van der Waals surface area (Å²) >= 11 is 6.14. The van der Waals surface area contributed by atoms with Gasteiger partial charge in [-0.15, -0.1) is 0 Å². The summed E-state index contributed by atoms with van der Waals surface area (Å²) in [6.07, 6.45) is 3.36. The molecule has 2 amide bonds. The number of halogens is 1. The molecule has 1 aliphatic heterocycles. The van der Waals surface area contributed by atoms with E-state index in [-0.39, 0.29) is 6.03 Å². The van der Waals surface area contributed by atoms with Crippen LogP contribution < -0.4 is 10.1 Å². The van der Waals surface area contributed by atoms with Crippen LogP contribution in [0, 0.1) is 5.92 Å². The van der Waals surface area contributed by atoms with Gasteiger partial charge in [-0.1, -0.05) is 35.9 Å². The Kier molecular flexibility index (Phi) is 7.78. The lowest BCUT2D eigenvalue weighted by molar-refractivity contribution is 0.150. The summed E-state index contributed by atoms with van der Waals surface area (Å²) in [4.78, 5) is 16.8. The Balaban J connectivity index is 1.45. The van der Waals surface area contributed by atoms with Gasteiger partial charge < -0.3 is 19.9 Å². The van der Waals surface area contributed by atoms with Gasteiger partial charge in [0.05, 0.1) is 17.8 Å². The van der Waals surface area contributed by atoms with Crippen LogP contribution in [0.3, 0.4) is 0 Å². The smallest absolute Gasteiger partial charge is 0.321 e. The lowest BCUT2D eigenvalue weighted by Crippen LogP contribution is -2.43. The van der Waals surface area contributed by atoms with Crippen molar-refractivity contribution in [3.8, 4) is 5.75 Å². The Morgan fingerprint density at radius 1 is 1.24 bits per heavy atom. The molecule has 1 unspecified atom stereocenters. The molecule has 6 heteroatoms. The van der Waals surface area contributed by atoms with Gasteiger partial charge in [0.15, 0.2) is 0 Å². The van der Waals surface area contributed by atoms with E-state index >= 15 is 0 Å². The lowest BCUT2D eigenvalue weighted by Gasteiger charge is -2.34. The first-order chi connectivity index (χ1) is 14.0. The zero-order chi connectivity index (χ0) is 20.6. The number of anilines is 1. The number of para-hydroxylation sites is 1. The topological polar surface area (TPSA) is 44.8 Å². The zero-order valence-corrected chi connectivity index (χ0v) is 18.0. The zero-order valence-electron chi connectivity index (χ0n) is 17.2. The summed E-state index contributed by atoms with van der Waals surface area (Å²) in [6, 6.07) is 15.5. The molecule has 1 atom stereocenters. The van der Waals surface area contributed by atoms with Gasteiger partial charge in [0.25, 0.3) is 0 Å². The van der Waals surface area contributed by atoms with E-state index in [2.05, 4.69) is 22.3 Å². The standard InChI is InChI=1S/C23H30ClN3O2/c1-26(23(28)25-22-8-4-3-7-21(22)24)16-19-6-5-14-27(17-19)15-13-18-9-11-20(29-2)12-10-18/h3-4,7-12,19H,5-6,13-17H2,1-2H3,(H,25,28). The lowest BCUT2D eigenvalue weighted by atomic mass is 9.97. The molecule has 1 heterocycles. The SMILES string of the molecule is COc1ccc(CCN2CCCC(CN(C)C(=O)Nc3ccccc3Cl)C2)cc1. The van der Waals surface area contributed by atoms with Crippen molar-refractivity contribution in [3.63, 3.8) is 0 Å². The molecule has 2 aromatic rings. The second kappa shape index (κ2) is 10.5. The van der Waals surface area contributed by atoms with Crippen LogP contribution in [0.15, 0.2) is 48.5 Å². The van der Waals surface area contributed by atoms with E-state index < -0.39 is 0 Å². The Morgan fingerprint density at radius 3 is 2.72 bits per heavy atom. The van der Waals surface area contributed by atoms with Gasteiger partial charge in [-0.2, -0.15) is 0 Å². The summed E-state index contributed by atoms with van der Waals surface area (Å²) in [5, 5.41) is 3.45. The predicted octanol–water partition coefficient (Wildman–Crippen LogP) is 4.77. The van der Waals surface area contributed by atoms with Crippen molar-refractivity contribution in [2.24, 2.45) is 5.92 Å². The number of carbonyl (C=O) groups is 1. The van der Waals surface area contributed by atoms with Crippen molar-refractivity contribution in [2.45, 2.75) is 19.3 Å². The highest BCUT2D eigenvalue weighted by molar-refractivity contribution is 6.33. The summed E-state index contributed by atoms with van der Waals surface area (Å²) < 4.78 is 5.22. The Labute approximate surface area is 178 Å². The molecule has 5 nitrogen and oxygen atoms in total. The van der Waals surface area contributed by atoms with Crippen LogP contribution in [-0.2, 0) is 6.42 Å². The van der Waals surface area contributed by atoms with E-state index in [1.807, 2.05) is 37.4 Å². The van der Waals surface area contributed by atoms with Gasteiger partial charge in [-0.3, -0.25) is 0 Å². The first-order valence-electron chi connectivity index (χ1n) is 10.2. The van der Waals surface area contributed by atoms with Crippen LogP contribution >= 0.6 is 11.6 Å². The van der Waals surface area contributed by atoms with E-state index in [9.17, 15) is 4.79 Å². The number of benzene rings is 2. The van der Waals surface area contributed by atoms with E-state index in [1.165, 1.54) is 12.0 Å². The quantitative estimate of drug-likeness (QED) is 0.708. The fourth-order valence-corrected chi connectivity index (χ4v) is 4.01. The second-order valence-electron chi connectivity index (χ2n) is 7.70. The number of methoxy groups -OCH3 is 1. The maximum Gasteiger partial charge on any atom is 0.321 e. The van der Waals surface area contributed by atoms with Crippen molar-refractivity contribution < 1.29 is 9.53 Å². The summed E-state index contributed by atoms with van der Waals surface area (Å²) in [6.45, 7) is 3.94.